The molecule has 0 aliphatic heterocycles. The van der Waals surface area contributed by atoms with Crippen LogP contribution in [0, 0.1) is 0 Å². The molecule has 2 heterocycles. The molecule has 0 saturated carbocycles. The van der Waals surface area contributed by atoms with E-state index < -0.39 is 10.0 Å². The van der Waals surface area contributed by atoms with Gasteiger partial charge in [0.25, 0.3) is 10.0 Å². The molecule has 0 fully saturated rings. The zero-order valence-electron chi connectivity index (χ0n) is 11.3. The van der Waals surface area contributed by atoms with Crippen molar-refractivity contribution in [3.8, 4) is 0 Å². The average Bonchev–Trinajstić information content (AvgIpc) is 3.06. The molecule has 0 aliphatic rings. The molecule has 20 heavy (non-hydrogen) atoms. The van der Waals surface area contributed by atoms with Crippen molar-refractivity contribution < 1.29 is 13.5 Å². The molecular formula is C13H17NO3S3. The number of sulfonamides is 1. The summed E-state index contributed by atoms with van der Waals surface area (Å²) in [5, 5.41) is 12.7. The Bertz CT molecular complexity index is 644. The maximum absolute atomic E-state index is 12.7. The Hall–Kier alpha value is -0.730. The van der Waals surface area contributed by atoms with Crippen molar-refractivity contribution >= 4 is 32.7 Å². The first-order valence-electron chi connectivity index (χ1n) is 6.17. The third-order valence-corrected chi connectivity index (χ3v) is 7.19. The van der Waals surface area contributed by atoms with E-state index in [9.17, 15) is 8.42 Å². The van der Waals surface area contributed by atoms with Gasteiger partial charge < -0.3 is 5.11 Å². The Morgan fingerprint density at radius 3 is 2.60 bits per heavy atom. The first-order chi connectivity index (χ1) is 9.45. The van der Waals surface area contributed by atoms with E-state index in [1.54, 1.807) is 22.8 Å². The maximum atomic E-state index is 12.7. The molecule has 2 rings (SSSR count). The third-order valence-electron chi connectivity index (χ3n) is 2.84. The molecule has 1 N–H and O–H groups in total. The lowest BCUT2D eigenvalue weighted by Crippen LogP contribution is -2.35. The summed E-state index contributed by atoms with van der Waals surface area (Å²) in [7, 11) is -3.52. The van der Waals surface area contributed by atoms with Crippen LogP contribution >= 0.6 is 22.7 Å². The molecule has 0 bridgehead atoms. The van der Waals surface area contributed by atoms with Crippen LogP contribution in [-0.4, -0.2) is 23.9 Å². The van der Waals surface area contributed by atoms with Crippen molar-refractivity contribution in [2.75, 3.05) is 0 Å². The highest BCUT2D eigenvalue weighted by Gasteiger charge is 2.28. The minimum atomic E-state index is -3.52. The fourth-order valence-electron chi connectivity index (χ4n) is 1.79. The number of aliphatic hydroxyl groups excluding tert-OH is 1. The lowest BCUT2D eigenvalue weighted by atomic mass is 10.4. The molecule has 0 unspecified atom stereocenters. The zero-order valence-corrected chi connectivity index (χ0v) is 13.8. The van der Waals surface area contributed by atoms with Gasteiger partial charge in [-0.05, 0) is 42.3 Å². The van der Waals surface area contributed by atoms with E-state index in [2.05, 4.69) is 0 Å². The minimum Gasteiger partial charge on any atom is -0.392 e. The van der Waals surface area contributed by atoms with Gasteiger partial charge in [0.05, 0.1) is 6.61 Å². The summed E-state index contributed by atoms with van der Waals surface area (Å²) >= 11 is 2.70. The summed E-state index contributed by atoms with van der Waals surface area (Å²) < 4.78 is 27.2. The summed E-state index contributed by atoms with van der Waals surface area (Å²) in [5.41, 5.74) is 0.633. The molecule has 0 aliphatic carbocycles. The number of hydrogen-bond acceptors (Lipinski definition) is 5. The molecule has 4 nitrogen and oxygen atoms in total. The SMILES string of the molecule is CC(C)N(Cc1cccs1)S(=O)(=O)c1cc(CO)cs1. The zero-order chi connectivity index (χ0) is 14.8. The summed E-state index contributed by atoms with van der Waals surface area (Å²) in [5.74, 6) is 0. The monoisotopic (exact) mass is 331 g/mol. The van der Waals surface area contributed by atoms with Crippen molar-refractivity contribution in [1.29, 1.82) is 0 Å². The van der Waals surface area contributed by atoms with Crippen molar-refractivity contribution in [3.05, 3.63) is 39.4 Å². The number of aliphatic hydroxyl groups is 1. The summed E-state index contributed by atoms with van der Waals surface area (Å²) in [6.07, 6.45) is 0. The molecule has 2 aromatic heterocycles. The number of rotatable bonds is 6. The van der Waals surface area contributed by atoms with Gasteiger partial charge in [0, 0.05) is 17.5 Å². The van der Waals surface area contributed by atoms with E-state index in [-0.39, 0.29) is 16.9 Å². The van der Waals surface area contributed by atoms with E-state index in [0.29, 0.717) is 12.1 Å². The summed E-state index contributed by atoms with van der Waals surface area (Å²) in [6, 6.07) is 5.27. The molecular weight excluding hydrogens is 314 g/mol. The molecule has 0 aromatic carbocycles. The van der Waals surface area contributed by atoms with Crippen LogP contribution < -0.4 is 0 Å². The molecule has 0 saturated heterocycles. The summed E-state index contributed by atoms with van der Waals surface area (Å²) in [4.78, 5) is 1.02. The predicted molar refractivity (Wildman–Crippen MR) is 82.4 cm³/mol. The fraction of sp³-hybridized carbons (Fsp3) is 0.385. The lowest BCUT2D eigenvalue weighted by Gasteiger charge is -2.24. The van der Waals surface area contributed by atoms with Crippen molar-refractivity contribution in [2.45, 2.75) is 37.3 Å². The number of hydrogen-bond donors (Lipinski definition) is 1. The maximum Gasteiger partial charge on any atom is 0.253 e. The van der Waals surface area contributed by atoms with Crippen LogP contribution in [-0.2, 0) is 23.2 Å². The van der Waals surface area contributed by atoms with Crippen molar-refractivity contribution in [2.24, 2.45) is 0 Å². The lowest BCUT2D eigenvalue weighted by molar-refractivity contribution is 0.282. The van der Waals surface area contributed by atoms with Crippen LogP contribution in [0.4, 0.5) is 0 Å². The standard InChI is InChI=1S/C13H17NO3S3/c1-10(2)14(7-12-4-3-5-18-12)20(16,17)13-6-11(8-15)9-19-13/h3-6,9-10,15H,7-8H2,1-2H3. The second-order valence-corrected chi connectivity index (χ2v) is 8.72. The Morgan fingerprint density at radius 2 is 2.10 bits per heavy atom. The Labute approximate surface area is 127 Å². The highest BCUT2D eigenvalue weighted by atomic mass is 32.2. The van der Waals surface area contributed by atoms with E-state index in [0.717, 1.165) is 16.2 Å². The first kappa shape index (κ1) is 15.7. The smallest absolute Gasteiger partial charge is 0.253 e. The predicted octanol–water partition coefficient (Wildman–Crippen LogP) is 2.90. The van der Waals surface area contributed by atoms with Gasteiger partial charge in [0.1, 0.15) is 4.21 Å². The van der Waals surface area contributed by atoms with Crippen molar-refractivity contribution in [3.63, 3.8) is 0 Å². The fourth-order valence-corrected chi connectivity index (χ4v) is 5.52. The molecule has 110 valence electrons. The van der Waals surface area contributed by atoms with Crippen LogP contribution in [0.5, 0.6) is 0 Å². The van der Waals surface area contributed by atoms with E-state index in [1.165, 1.54) is 4.31 Å². The largest absolute Gasteiger partial charge is 0.392 e. The second-order valence-electron chi connectivity index (χ2n) is 4.66. The molecule has 0 spiro atoms. The van der Waals surface area contributed by atoms with Gasteiger partial charge in [-0.1, -0.05) is 6.07 Å². The van der Waals surface area contributed by atoms with E-state index >= 15 is 0 Å². The molecule has 0 radical (unpaired) electrons. The van der Waals surface area contributed by atoms with Crippen molar-refractivity contribution in [1.82, 2.24) is 4.31 Å². The topological polar surface area (TPSA) is 57.6 Å². The van der Waals surface area contributed by atoms with Gasteiger partial charge in [-0.2, -0.15) is 4.31 Å². The van der Waals surface area contributed by atoms with E-state index in [1.807, 2.05) is 31.4 Å². The van der Waals surface area contributed by atoms with Crippen LogP contribution in [0.2, 0.25) is 0 Å². The van der Waals surface area contributed by atoms with E-state index in [4.69, 9.17) is 5.11 Å². The molecule has 7 heteroatoms. The first-order valence-corrected chi connectivity index (χ1v) is 9.37. The van der Waals surface area contributed by atoms with Crippen LogP contribution in [0.1, 0.15) is 24.3 Å². The normalized spacial score (nSPS) is 12.4. The molecule has 0 atom stereocenters. The van der Waals surface area contributed by atoms with Gasteiger partial charge in [0.15, 0.2) is 0 Å². The Balaban J connectivity index is 2.32. The number of thiophene rings is 2. The van der Waals surface area contributed by atoms with Gasteiger partial charge in [-0.15, -0.1) is 22.7 Å². The Morgan fingerprint density at radius 1 is 1.35 bits per heavy atom. The summed E-state index contributed by atoms with van der Waals surface area (Å²) in [6.45, 7) is 3.97. The minimum absolute atomic E-state index is 0.123. The van der Waals surface area contributed by atoms with Crippen LogP contribution in [0.15, 0.2) is 33.2 Å². The molecule has 0 amide bonds. The van der Waals surface area contributed by atoms with Crippen LogP contribution in [0.3, 0.4) is 0 Å². The van der Waals surface area contributed by atoms with Gasteiger partial charge in [-0.25, -0.2) is 8.42 Å². The molecule has 2 aromatic rings. The van der Waals surface area contributed by atoms with Gasteiger partial charge in [-0.3, -0.25) is 0 Å². The average molecular weight is 331 g/mol. The number of nitrogens with zero attached hydrogens (tertiary/aromatic N) is 1. The second kappa shape index (κ2) is 6.36. The highest BCUT2D eigenvalue weighted by Crippen LogP contribution is 2.27. The quantitative estimate of drug-likeness (QED) is 0.885. The third kappa shape index (κ3) is 3.29. The highest BCUT2D eigenvalue weighted by molar-refractivity contribution is 7.91. The Kier molecular flexibility index (Phi) is 4.98. The van der Waals surface area contributed by atoms with Crippen LogP contribution in [0.25, 0.3) is 0 Å². The van der Waals surface area contributed by atoms with Gasteiger partial charge >= 0.3 is 0 Å². The van der Waals surface area contributed by atoms with Gasteiger partial charge in [0.2, 0.25) is 0 Å².